The third-order valence-corrected chi connectivity index (χ3v) is 0. The molecule has 0 fully saturated rings. The molecule has 0 aliphatic rings. The van der Waals surface area contributed by atoms with Gasteiger partial charge >= 0.3 is 0 Å². The van der Waals surface area contributed by atoms with Crippen LogP contribution in [0.2, 0.25) is 0 Å². The predicted octanol–water partition coefficient (Wildman–Crippen LogP) is -0.388. The Morgan fingerprint density at radius 3 is 1.00 bits per heavy atom. The second-order valence-corrected chi connectivity index (χ2v) is 0. The molecular formula is CuFeMgZn. The van der Waals surface area contributed by atoms with Gasteiger partial charge in [-0.3, -0.25) is 0 Å². The van der Waals surface area contributed by atoms with Crippen molar-refractivity contribution >= 4 is 23.1 Å². The van der Waals surface area contributed by atoms with Gasteiger partial charge in [-0.05, 0) is 0 Å². The van der Waals surface area contributed by atoms with Crippen LogP contribution in [0.4, 0.5) is 0 Å². The van der Waals surface area contributed by atoms with Crippen molar-refractivity contribution in [2.45, 2.75) is 0 Å². The van der Waals surface area contributed by atoms with Crippen LogP contribution in [0.25, 0.3) is 0 Å². The third-order valence-electron chi connectivity index (χ3n) is 0. The topological polar surface area (TPSA) is 0 Å². The largest absolute Gasteiger partial charge is 0 e. The van der Waals surface area contributed by atoms with E-state index >= 15 is 0 Å². The molecule has 0 rings (SSSR count). The molecule has 0 nitrogen and oxygen atoms in total. The fourth-order valence-electron chi connectivity index (χ4n) is 0. The van der Waals surface area contributed by atoms with Crippen LogP contribution >= 0.6 is 0 Å². The van der Waals surface area contributed by atoms with Gasteiger partial charge in [0.1, 0.15) is 0 Å². The van der Waals surface area contributed by atoms with Crippen LogP contribution in [-0.4, -0.2) is 23.1 Å². The first-order valence-electron chi connectivity index (χ1n) is 0. The quantitative estimate of drug-likeness (QED) is 0.477. The molecule has 4 heavy (non-hydrogen) atoms. The van der Waals surface area contributed by atoms with Crippen molar-refractivity contribution in [3.63, 3.8) is 0 Å². The maximum absolute atomic E-state index is 0. The first-order chi connectivity index (χ1) is 0. The third kappa shape index (κ3) is 8.83. The van der Waals surface area contributed by atoms with Crippen molar-refractivity contribution in [2.24, 2.45) is 0 Å². The second kappa shape index (κ2) is 18.1. The van der Waals surface area contributed by atoms with Crippen molar-refractivity contribution in [1.82, 2.24) is 0 Å². The van der Waals surface area contributed by atoms with E-state index in [1.165, 1.54) is 0 Å². The van der Waals surface area contributed by atoms with Crippen molar-refractivity contribution < 1.29 is 53.6 Å². The van der Waals surface area contributed by atoms with Crippen molar-refractivity contribution in [1.29, 1.82) is 0 Å². The SMILES string of the molecule is [Cu].[Fe].[Mg].[Zn]. The molecule has 0 aliphatic heterocycles. The van der Waals surface area contributed by atoms with Gasteiger partial charge in [0.2, 0.25) is 0 Å². The number of hydrogen-bond donors (Lipinski definition) is 0. The molecule has 4 heteroatoms. The molecule has 3 radical (unpaired) electrons. The molecule has 0 bridgehead atoms. The van der Waals surface area contributed by atoms with Crippen LogP contribution in [0.5, 0.6) is 0 Å². The van der Waals surface area contributed by atoms with Crippen molar-refractivity contribution in [2.75, 3.05) is 0 Å². The zero-order chi connectivity index (χ0) is 0. The minimum Gasteiger partial charge on any atom is 0 e. The molecule has 0 amide bonds. The Balaban J connectivity index is 0. The van der Waals surface area contributed by atoms with Gasteiger partial charge in [-0.15, -0.1) is 0 Å². The van der Waals surface area contributed by atoms with Gasteiger partial charge in [0.05, 0.1) is 0 Å². The Labute approximate surface area is 75.7 Å². The molecule has 0 spiro atoms. The van der Waals surface area contributed by atoms with E-state index in [1.807, 2.05) is 0 Å². The Morgan fingerprint density at radius 1 is 1.00 bits per heavy atom. The molecule has 0 aromatic carbocycles. The molecule has 0 saturated carbocycles. The summed E-state index contributed by atoms with van der Waals surface area (Å²) in [4.78, 5) is 0. The zero-order valence-corrected chi connectivity index (χ0v) is 8.50. The van der Waals surface area contributed by atoms with E-state index in [2.05, 4.69) is 0 Å². The summed E-state index contributed by atoms with van der Waals surface area (Å²) in [7, 11) is 0. The molecule has 0 heterocycles. The minimum atomic E-state index is 0. The average molecular weight is 209 g/mol. The molecule has 0 unspecified atom stereocenters. The van der Waals surface area contributed by atoms with Gasteiger partial charge in [-0.25, -0.2) is 0 Å². The van der Waals surface area contributed by atoms with Crippen molar-refractivity contribution in [3.05, 3.63) is 0 Å². The maximum Gasteiger partial charge on any atom is 0 e. The van der Waals surface area contributed by atoms with Crippen LogP contribution in [-0.2, 0) is 53.6 Å². The second-order valence-electron chi connectivity index (χ2n) is 0. The summed E-state index contributed by atoms with van der Waals surface area (Å²) in [5, 5.41) is 0. The number of rotatable bonds is 0. The standard InChI is InChI=1S/Cu.Fe.Mg.Zn. The van der Waals surface area contributed by atoms with E-state index in [0.29, 0.717) is 0 Å². The van der Waals surface area contributed by atoms with Crippen LogP contribution in [0.15, 0.2) is 0 Å². The van der Waals surface area contributed by atoms with Crippen LogP contribution in [0.3, 0.4) is 0 Å². The summed E-state index contributed by atoms with van der Waals surface area (Å²) in [6.07, 6.45) is 0. The molecule has 0 atom stereocenters. The Kier molecular flexibility index (Phi) is 145. The molecule has 0 aromatic heterocycles. The Bertz CT molecular complexity index is 8.00. The van der Waals surface area contributed by atoms with E-state index in [9.17, 15) is 0 Å². The molecule has 0 N–H and O–H groups in total. The fourth-order valence-corrected chi connectivity index (χ4v) is 0. The van der Waals surface area contributed by atoms with Gasteiger partial charge in [0.15, 0.2) is 0 Å². The summed E-state index contributed by atoms with van der Waals surface area (Å²) in [6.45, 7) is 0. The Hall–Kier alpha value is 2.43. The van der Waals surface area contributed by atoms with E-state index < -0.39 is 0 Å². The van der Waals surface area contributed by atoms with Gasteiger partial charge in [0, 0.05) is 76.7 Å². The fraction of sp³-hybridized carbons (Fsp3) is 0. The van der Waals surface area contributed by atoms with Gasteiger partial charge in [-0.2, -0.15) is 0 Å². The molecule has 23 valence electrons. The van der Waals surface area contributed by atoms with Crippen LogP contribution < -0.4 is 0 Å². The summed E-state index contributed by atoms with van der Waals surface area (Å²) in [5.41, 5.74) is 0. The summed E-state index contributed by atoms with van der Waals surface area (Å²) in [6, 6.07) is 0. The predicted molar refractivity (Wildman–Crippen MR) is 5.75 cm³/mol. The smallest absolute Gasteiger partial charge is 0 e. The normalized spacial score (nSPS) is 0. The molecule has 0 saturated heterocycles. The average Bonchev–Trinajstić information content (AvgIpc) is 0. The zero-order valence-electron chi connectivity index (χ0n) is 2.07. The monoisotopic (exact) mass is 207 g/mol. The van der Waals surface area contributed by atoms with Gasteiger partial charge < -0.3 is 0 Å². The van der Waals surface area contributed by atoms with Gasteiger partial charge in [0.25, 0.3) is 0 Å². The van der Waals surface area contributed by atoms with E-state index in [-0.39, 0.29) is 76.7 Å². The summed E-state index contributed by atoms with van der Waals surface area (Å²) >= 11 is 0. The molecular weight excluding hydrogens is 209 g/mol. The van der Waals surface area contributed by atoms with E-state index in [4.69, 9.17) is 0 Å². The van der Waals surface area contributed by atoms with Crippen LogP contribution in [0, 0.1) is 0 Å². The first-order valence-corrected chi connectivity index (χ1v) is 0. The maximum atomic E-state index is 0. The van der Waals surface area contributed by atoms with Crippen molar-refractivity contribution in [3.8, 4) is 0 Å². The van der Waals surface area contributed by atoms with Crippen LogP contribution in [0.1, 0.15) is 0 Å². The molecule has 0 aliphatic carbocycles. The molecule has 0 aromatic rings. The van der Waals surface area contributed by atoms with E-state index in [1.54, 1.807) is 0 Å². The van der Waals surface area contributed by atoms with E-state index in [0.717, 1.165) is 0 Å². The minimum absolute atomic E-state index is 0. The number of hydrogen-bond acceptors (Lipinski definition) is 0. The van der Waals surface area contributed by atoms with Gasteiger partial charge in [-0.1, -0.05) is 0 Å². The Morgan fingerprint density at radius 2 is 1.00 bits per heavy atom. The summed E-state index contributed by atoms with van der Waals surface area (Å²) in [5.74, 6) is 0. The summed E-state index contributed by atoms with van der Waals surface area (Å²) < 4.78 is 0. The first kappa shape index (κ1) is 32.1.